The van der Waals surface area contributed by atoms with E-state index in [-0.39, 0.29) is 18.3 Å². The molecule has 0 spiro atoms. The first-order valence-corrected chi connectivity index (χ1v) is 10.9. The fraction of sp³-hybridized carbons (Fsp3) is 0.667. The molecule has 30 heavy (non-hydrogen) atoms. The van der Waals surface area contributed by atoms with E-state index < -0.39 is 18.6 Å². The molecule has 0 bridgehead atoms. The van der Waals surface area contributed by atoms with E-state index in [0.717, 1.165) is 45.7 Å². The van der Waals surface area contributed by atoms with Crippen LogP contribution in [-0.2, 0) is 16.1 Å². The molecule has 1 aliphatic heterocycles. The first kappa shape index (κ1) is 23.0. The Morgan fingerprint density at radius 3 is 2.60 bits per heavy atom. The molecule has 1 aromatic rings. The van der Waals surface area contributed by atoms with E-state index >= 15 is 0 Å². The monoisotopic (exact) mass is 419 g/mol. The molecule has 2 aliphatic rings. The Hall–Kier alpha value is -1.65. The van der Waals surface area contributed by atoms with Crippen molar-refractivity contribution in [2.45, 2.75) is 56.5 Å². The zero-order chi connectivity index (χ0) is 21.6. The van der Waals surface area contributed by atoms with Crippen LogP contribution < -0.4 is 16.0 Å². The summed E-state index contributed by atoms with van der Waals surface area (Å²) in [7, 11) is -1.35. The van der Waals surface area contributed by atoms with Crippen LogP contribution in [0.1, 0.15) is 37.7 Å². The second kappa shape index (κ2) is 10.6. The summed E-state index contributed by atoms with van der Waals surface area (Å²) in [5.41, 5.74) is 7.51. The molecule has 8 nitrogen and oxygen atoms in total. The van der Waals surface area contributed by atoms with Crippen LogP contribution in [0.5, 0.6) is 0 Å². The van der Waals surface area contributed by atoms with Gasteiger partial charge in [-0.05, 0) is 43.1 Å². The molecule has 1 aliphatic carbocycles. The van der Waals surface area contributed by atoms with Crippen molar-refractivity contribution in [2.75, 3.05) is 31.2 Å². The van der Waals surface area contributed by atoms with Crippen molar-refractivity contribution >= 4 is 18.8 Å². The number of rotatable bonds is 11. The van der Waals surface area contributed by atoms with Gasteiger partial charge in [-0.1, -0.05) is 31.0 Å². The summed E-state index contributed by atoms with van der Waals surface area (Å²) >= 11 is 0. The van der Waals surface area contributed by atoms with E-state index in [1.165, 1.54) is 11.3 Å². The molecule has 1 saturated heterocycles. The molecule has 6 N–H and O–H groups in total. The van der Waals surface area contributed by atoms with Crippen molar-refractivity contribution in [2.24, 2.45) is 11.7 Å². The lowest BCUT2D eigenvalue weighted by atomic mass is 9.66. The Kier molecular flexibility index (Phi) is 8.13. The molecular weight excluding hydrogens is 385 g/mol. The maximum Gasteiger partial charge on any atom is 0.451 e. The normalized spacial score (nSPS) is 23.5. The van der Waals surface area contributed by atoms with Crippen molar-refractivity contribution in [3.63, 3.8) is 0 Å². The minimum atomic E-state index is -1.35. The van der Waals surface area contributed by atoms with Gasteiger partial charge in [0.05, 0.1) is 13.2 Å². The lowest BCUT2D eigenvalue weighted by Gasteiger charge is -2.45. The molecule has 166 valence electrons. The van der Waals surface area contributed by atoms with Gasteiger partial charge >= 0.3 is 13.1 Å². The number of nitrogens with zero attached hydrogens (tertiary/aromatic N) is 1. The highest BCUT2D eigenvalue weighted by Crippen LogP contribution is 2.38. The van der Waals surface area contributed by atoms with Gasteiger partial charge in [0.1, 0.15) is 5.54 Å². The summed E-state index contributed by atoms with van der Waals surface area (Å²) in [6.45, 7) is 4.02. The Bertz CT molecular complexity index is 695. The summed E-state index contributed by atoms with van der Waals surface area (Å²) in [4.78, 5) is 14.2. The second-order valence-corrected chi connectivity index (χ2v) is 8.55. The van der Waals surface area contributed by atoms with Crippen molar-refractivity contribution in [1.82, 2.24) is 5.32 Å². The number of nitrogens with two attached hydrogens (primary N) is 1. The van der Waals surface area contributed by atoms with E-state index in [0.29, 0.717) is 19.3 Å². The van der Waals surface area contributed by atoms with Crippen LogP contribution in [0.25, 0.3) is 0 Å². The van der Waals surface area contributed by atoms with Crippen LogP contribution >= 0.6 is 0 Å². The third kappa shape index (κ3) is 5.73. The van der Waals surface area contributed by atoms with Crippen molar-refractivity contribution in [3.8, 4) is 0 Å². The molecule has 1 atom stereocenters. The number of unbranched alkanes of at least 4 members (excludes halogenated alkanes) is 1. The highest BCUT2D eigenvalue weighted by atomic mass is 16.5. The number of para-hydroxylation sites is 1. The molecular formula is C21H34BN3O5. The number of nitrogens with one attached hydrogen (secondary N) is 1. The molecule has 1 aromatic carbocycles. The third-order valence-electron chi connectivity index (χ3n) is 6.49. The van der Waals surface area contributed by atoms with Crippen LogP contribution in [0.15, 0.2) is 24.3 Å². The SMILES string of the molecule is N[C@](CCCCB(O)O)(C(=O)O)C1CC(NCc2ccccc2N2CCOCC2)C1. The number of anilines is 1. The number of carboxylic acid groups (broad SMARTS) is 1. The van der Waals surface area contributed by atoms with Crippen LogP contribution in [0.3, 0.4) is 0 Å². The number of benzene rings is 1. The van der Waals surface area contributed by atoms with Crippen LogP contribution in [0.4, 0.5) is 5.69 Å². The van der Waals surface area contributed by atoms with Crippen LogP contribution in [0, 0.1) is 5.92 Å². The first-order chi connectivity index (χ1) is 14.4. The van der Waals surface area contributed by atoms with Crippen molar-refractivity contribution < 1.29 is 24.7 Å². The van der Waals surface area contributed by atoms with Crippen LogP contribution in [-0.4, -0.2) is 66.1 Å². The van der Waals surface area contributed by atoms with E-state index in [4.69, 9.17) is 20.5 Å². The highest BCUT2D eigenvalue weighted by molar-refractivity contribution is 6.40. The lowest BCUT2D eigenvalue weighted by molar-refractivity contribution is -0.148. The molecule has 1 heterocycles. The number of carbonyl (C=O) groups is 1. The number of ether oxygens (including phenoxy) is 1. The molecule has 0 aromatic heterocycles. The molecule has 2 fully saturated rings. The summed E-state index contributed by atoms with van der Waals surface area (Å²) in [5.74, 6) is -1.03. The van der Waals surface area contributed by atoms with Crippen molar-refractivity contribution in [1.29, 1.82) is 0 Å². The minimum absolute atomic E-state index is 0.0685. The quantitative estimate of drug-likeness (QED) is 0.263. The van der Waals surface area contributed by atoms with Crippen LogP contribution in [0.2, 0.25) is 6.32 Å². The summed E-state index contributed by atoms with van der Waals surface area (Å²) in [6, 6.07) is 8.63. The number of aliphatic carboxylic acids is 1. The topological polar surface area (TPSA) is 128 Å². The minimum Gasteiger partial charge on any atom is -0.480 e. The molecule has 3 rings (SSSR count). The molecule has 0 amide bonds. The molecule has 9 heteroatoms. The van der Waals surface area contributed by atoms with E-state index in [2.05, 4.69) is 28.4 Å². The summed E-state index contributed by atoms with van der Waals surface area (Å²) < 4.78 is 5.45. The number of hydrogen-bond acceptors (Lipinski definition) is 7. The zero-order valence-corrected chi connectivity index (χ0v) is 17.5. The summed E-state index contributed by atoms with van der Waals surface area (Å²) in [5, 5.41) is 31.1. The third-order valence-corrected chi connectivity index (χ3v) is 6.49. The Balaban J connectivity index is 1.49. The average molecular weight is 419 g/mol. The van der Waals surface area contributed by atoms with E-state index in [1.807, 2.05) is 6.07 Å². The fourth-order valence-electron chi connectivity index (χ4n) is 4.46. The Morgan fingerprint density at radius 1 is 1.23 bits per heavy atom. The lowest BCUT2D eigenvalue weighted by Crippen LogP contribution is -2.61. The van der Waals surface area contributed by atoms with Gasteiger partial charge in [-0.2, -0.15) is 0 Å². The maximum absolute atomic E-state index is 11.8. The fourth-order valence-corrected chi connectivity index (χ4v) is 4.46. The Morgan fingerprint density at radius 2 is 1.93 bits per heavy atom. The number of morpholine rings is 1. The predicted molar refractivity (Wildman–Crippen MR) is 116 cm³/mol. The van der Waals surface area contributed by atoms with Gasteiger partial charge < -0.3 is 35.8 Å². The molecule has 0 radical (unpaired) electrons. The molecule has 0 unspecified atom stereocenters. The highest BCUT2D eigenvalue weighted by Gasteiger charge is 2.48. The number of hydrogen-bond donors (Lipinski definition) is 5. The maximum atomic E-state index is 11.8. The van der Waals surface area contributed by atoms with Gasteiger partial charge in [-0.3, -0.25) is 4.79 Å². The van der Waals surface area contributed by atoms with Gasteiger partial charge in [0.15, 0.2) is 0 Å². The van der Waals surface area contributed by atoms with Gasteiger partial charge in [0, 0.05) is 31.4 Å². The number of carboxylic acids is 1. The van der Waals surface area contributed by atoms with Gasteiger partial charge in [-0.15, -0.1) is 0 Å². The predicted octanol–water partition coefficient (Wildman–Crippen LogP) is 0.817. The Labute approximate surface area is 178 Å². The second-order valence-electron chi connectivity index (χ2n) is 8.55. The smallest absolute Gasteiger partial charge is 0.451 e. The van der Waals surface area contributed by atoms with E-state index in [9.17, 15) is 9.90 Å². The van der Waals surface area contributed by atoms with Gasteiger partial charge in [0.2, 0.25) is 0 Å². The van der Waals surface area contributed by atoms with Crippen molar-refractivity contribution in [3.05, 3.63) is 29.8 Å². The van der Waals surface area contributed by atoms with Gasteiger partial charge in [0.25, 0.3) is 0 Å². The average Bonchev–Trinajstić information content (AvgIpc) is 2.70. The zero-order valence-electron chi connectivity index (χ0n) is 17.5. The summed E-state index contributed by atoms with van der Waals surface area (Å²) in [6.07, 6.45) is 3.20. The van der Waals surface area contributed by atoms with Gasteiger partial charge in [-0.25, -0.2) is 0 Å². The molecule has 1 saturated carbocycles. The largest absolute Gasteiger partial charge is 0.480 e. The first-order valence-electron chi connectivity index (χ1n) is 10.9. The van der Waals surface area contributed by atoms with E-state index in [1.54, 1.807) is 0 Å². The standard InChI is InChI=1S/C21H34BN3O5/c23-21(20(26)27,7-3-4-8-22(28)29)17-13-18(14-17)24-15-16-5-1-2-6-19(16)25-9-11-30-12-10-25/h1-2,5-6,17-18,24,28-29H,3-4,7-15,23H2,(H,26,27)/t17?,18?,21-/m0/s1.